The summed E-state index contributed by atoms with van der Waals surface area (Å²) in [4.78, 5) is 10.3. The molecule has 0 amide bonds. The van der Waals surface area contributed by atoms with E-state index in [-0.39, 0.29) is 4.93 Å². The van der Waals surface area contributed by atoms with E-state index in [1.807, 2.05) is 18.0 Å². The van der Waals surface area contributed by atoms with Crippen molar-refractivity contribution in [3.8, 4) is 0 Å². The van der Waals surface area contributed by atoms with E-state index in [1.54, 1.807) is 11.8 Å². The third-order valence-corrected chi connectivity index (χ3v) is 4.71. The molecule has 0 N–H and O–H groups in total. The van der Waals surface area contributed by atoms with Gasteiger partial charge in [-0.15, -0.1) is 11.8 Å². The number of aldehydes is 1. The van der Waals surface area contributed by atoms with E-state index in [4.69, 9.17) is 4.74 Å². The van der Waals surface area contributed by atoms with Gasteiger partial charge in [0.05, 0.1) is 0 Å². The van der Waals surface area contributed by atoms with E-state index in [9.17, 15) is 4.79 Å². The van der Waals surface area contributed by atoms with Crippen LogP contribution in [0.15, 0.2) is 0 Å². The largest absolute Gasteiger partial charge is 0.364 e. The minimum atomic E-state index is -0.228. The minimum Gasteiger partial charge on any atom is -0.364 e. The van der Waals surface area contributed by atoms with Crippen molar-refractivity contribution in [2.75, 3.05) is 19.1 Å². The zero-order chi connectivity index (χ0) is 9.73. The fraction of sp³-hybridized carbons (Fsp3) is 0.889. The van der Waals surface area contributed by atoms with Crippen molar-refractivity contribution < 1.29 is 9.53 Å². The van der Waals surface area contributed by atoms with Crippen LogP contribution in [0, 0.1) is 0 Å². The molecule has 0 radical (unpaired) electrons. The van der Waals surface area contributed by atoms with E-state index in [2.05, 4.69) is 6.26 Å². The van der Waals surface area contributed by atoms with Crippen molar-refractivity contribution in [3.63, 3.8) is 0 Å². The van der Waals surface area contributed by atoms with Crippen molar-refractivity contribution >= 4 is 29.8 Å². The third kappa shape index (κ3) is 2.89. The van der Waals surface area contributed by atoms with E-state index >= 15 is 0 Å². The molecule has 0 aromatic rings. The van der Waals surface area contributed by atoms with Crippen LogP contribution in [0.5, 0.6) is 0 Å². The molecule has 1 aliphatic heterocycles. The third-order valence-electron chi connectivity index (χ3n) is 2.44. The first-order chi connectivity index (χ1) is 6.26. The molecule has 0 saturated carbocycles. The number of rotatable bonds is 4. The Morgan fingerprint density at radius 1 is 1.62 bits per heavy atom. The van der Waals surface area contributed by atoms with Gasteiger partial charge in [0.2, 0.25) is 0 Å². The van der Waals surface area contributed by atoms with Crippen LogP contribution in [0.2, 0.25) is 0 Å². The van der Waals surface area contributed by atoms with Crippen LogP contribution in [0.1, 0.15) is 19.3 Å². The molecule has 76 valence electrons. The Labute approximate surface area is 88.2 Å². The standard InChI is InChI=1S/C9H16O2S2/c1-12-8-3-6-11-9(7-8,13-2)4-5-10/h5,8H,3-4,6-7H2,1-2H3. The molecule has 2 atom stereocenters. The molecule has 4 heteroatoms. The molecule has 1 saturated heterocycles. The Morgan fingerprint density at radius 2 is 2.38 bits per heavy atom. The van der Waals surface area contributed by atoms with Crippen molar-refractivity contribution in [2.24, 2.45) is 0 Å². The first-order valence-corrected chi connectivity index (χ1v) is 6.93. The lowest BCUT2D eigenvalue weighted by Crippen LogP contribution is -2.38. The van der Waals surface area contributed by atoms with Gasteiger partial charge in [-0.1, -0.05) is 0 Å². The van der Waals surface area contributed by atoms with Gasteiger partial charge in [0.25, 0.3) is 0 Å². The van der Waals surface area contributed by atoms with Gasteiger partial charge in [-0.2, -0.15) is 11.8 Å². The Bertz CT molecular complexity index is 175. The lowest BCUT2D eigenvalue weighted by molar-refractivity contribution is -0.112. The van der Waals surface area contributed by atoms with Crippen molar-refractivity contribution in [1.29, 1.82) is 0 Å². The maximum Gasteiger partial charge on any atom is 0.123 e. The fourth-order valence-corrected chi connectivity index (χ4v) is 3.26. The van der Waals surface area contributed by atoms with Crippen LogP contribution < -0.4 is 0 Å². The van der Waals surface area contributed by atoms with Gasteiger partial charge in [-0.3, -0.25) is 0 Å². The van der Waals surface area contributed by atoms with Gasteiger partial charge in [0, 0.05) is 18.3 Å². The predicted octanol–water partition coefficient (Wildman–Crippen LogP) is 2.18. The lowest BCUT2D eigenvalue weighted by atomic mass is 10.1. The number of ether oxygens (including phenoxy) is 1. The summed E-state index contributed by atoms with van der Waals surface area (Å²) in [5, 5.41) is 0.654. The Balaban J connectivity index is 2.57. The average Bonchev–Trinajstić information content (AvgIpc) is 2.19. The van der Waals surface area contributed by atoms with Crippen LogP contribution in [-0.4, -0.2) is 35.6 Å². The van der Waals surface area contributed by atoms with Crippen LogP contribution in [0.4, 0.5) is 0 Å². The average molecular weight is 220 g/mol. The summed E-state index contributed by atoms with van der Waals surface area (Å²) in [6, 6.07) is 0. The van der Waals surface area contributed by atoms with Gasteiger partial charge in [0.1, 0.15) is 11.2 Å². The molecule has 0 spiro atoms. The predicted molar refractivity (Wildman–Crippen MR) is 59.4 cm³/mol. The number of hydrogen-bond donors (Lipinski definition) is 0. The topological polar surface area (TPSA) is 26.3 Å². The summed E-state index contributed by atoms with van der Waals surface area (Å²) >= 11 is 3.55. The van der Waals surface area contributed by atoms with Crippen LogP contribution in [0.25, 0.3) is 0 Å². The second-order valence-electron chi connectivity index (χ2n) is 3.18. The molecule has 0 aromatic carbocycles. The van der Waals surface area contributed by atoms with E-state index in [0.717, 1.165) is 25.7 Å². The Hall–Kier alpha value is 0.330. The SMILES string of the molecule is CSC1CCOC(CC=O)(SC)C1. The van der Waals surface area contributed by atoms with Crippen LogP contribution in [-0.2, 0) is 9.53 Å². The molecule has 2 unspecified atom stereocenters. The monoisotopic (exact) mass is 220 g/mol. The molecule has 0 aromatic heterocycles. The number of hydrogen-bond acceptors (Lipinski definition) is 4. The van der Waals surface area contributed by atoms with Crippen molar-refractivity contribution in [2.45, 2.75) is 29.4 Å². The summed E-state index contributed by atoms with van der Waals surface area (Å²) in [5.74, 6) is 0. The van der Waals surface area contributed by atoms with Crippen molar-refractivity contribution in [3.05, 3.63) is 0 Å². The maximum absolute atomic E-state index is 10.5. The molecule has 1 aliphatic rings. The zero-order valence-electron chi connectivity index (χ0n) is 8.12. The van der Waals surface area contributed by atoms with E-state index in [1.165, 1.54) is 0 Å². The normalized spacial score (nSPS) is 34.5. The number of carbonyl (C=O) groups excluding carboxylic acids is 1. The lowest BCUT2D eigenvalue weighted by Gasteiger charge is -2.38. The highest BCUT2D eigenvalue weighted by atomic mass is 32.2. The van der Waals surface area contributed by atoms with Gasteiger partial charge in [-0.25, -0.2) is 0 Å². The summed E-state index contributed by atoms with van der Waals surface area (Å²) in [5.41, 5.74) is 0. The first-order valence-electron chi connectivity index (χ1n) is 4.42. The van der Waals surface area contributed by atoms with Crippen LogP contribution in [0.3, 0.4) is 0 Å². The summed E-state index contributed by atoms with van der Waals surface area (Å²) < 4.78 is 5.71. The Kier molecular flexibility index (Phi) is 4.62. The smallest absolute Gasteiger partial charge is 0.123 e. The van der Waals surface area contributed by atoms with Gasteiger partial charge < -0.3 is 9.53 Å². The van der Waals surface area contributed by atoms with E-state index < -0.39 is 0 Å². The second kappa shape index (κ2) is 5.27. The fourth-order valence-electron chi connectivity index (χ4n) is 1.58. The molecule has 2 nitrogen and oxygen atoms in total. The van der Waals surface area contributed by atoms with Crippen LogP contribution >= 0.6 is 23.5 Å². The highest BCUT2D eigenvalue weighted by Gasteiger charge is 2.36. The quantitative estimate of drug-likeness (QED) is 0.678. The zero-order valence-corrected chi connectivity index (χ0v) is 9.75. The van der Waals surface area contributed by atoms with E-state index in [0.29, 0.717) is 11.7 Å². The number of thioether (sulfide) groups is 2. The first kappa shape index (κ1) is 11.4. The highest BCUT2D eigenvalue weighted by Crippen LogP contribution is 2.39. The summed E-state index contributed by atoms with van der Waals surface area (Å²) in [6.45, 7) is 0.792. The molecule has 0 bridgehead atoms. The number of carbonyl (C=O) groups is 1. The Morgan fingerprint density at radius 3 is 2.92 bits per heavy atom. The summed E-state index contributed by atoms with van der Waals surface area (Å²) in [7, 11) is 0. The maximum atomic E-state index is 10.5. The van der Waals surface area contributed by atoms with Gasteiger partial charge in [0.15, 0.2) is 0 Å². The molecule has 13 heavy (non-hydrogen) atoms. The summed E-state index contributed by atoms with van der Waals surface area (Å²) in [6.07, 6.45) is 7.75. The molecule has 1 fully saturated rings. The molecular formula is C9H16O2S2. The molecule has 0 aliphatic carbocycles. The molecule has 1 heterocycles. The van der Waals surface area contributed by atoms with Gasteiger partial charge >= 0.3 is 0 Å². The highest BCUT2D eigenvalue weighted by molar-refractivity contribution is 8.00. The molecule has 1 rings (SSSR count). The van der Waals surface area contributed by atoms with Crippen molar-refractivity contribution in [1.82, 2.24) is 0 Å². The minimum absolute atomic E-state index is 0.228. The molecular weight excluding hydrogens is 204 g/mol. The second-order valence-corrected chi connectivity index (χ2v) is 5.47. The van der Waals surface area contributed by atoms with Gasteiger partial charge in [-0.05, 0) is 25.4 Å².